The van der Waals surface area contributed by atoms with Crippen molar-refractivity contribution in [3.05, 3.63) is 21.5 Å². The predicted molar refractivity (Wildman–Crippen MR) is 76.8 cm³/mol. The maximum atomic E-state index is 11.2. The number of aliphatic hydroxyl groups excluding tert-OH is 1. The zero-order valence-corrected chi connectivity index (χ0v) is 12.6. The molecule has 0 aliphatic rings. The van der Waals surface area contributed by atoms with Gasteiger partial charge in [0.2, 0.25) is 0 Å². The van der Waals surface area contributed by atoms with Crippen molar-refractivity contribution in [1.82, 2.24) is 15.1 Å². The highest BCUT2D eigenvalue weighted by Crippen LogP contribution is 2.24. The minimum absolute atomic E-state index is 0.0963. The van der Waals surface area contributed by atoms with Crippen LogP contribution in [-0.4, -0.2) is 38.5 Å². The molecule has 0 saturated carbocycles. The van der Waals surface area contributed by atoms with Crippen molar-refractivity contribution >= 4 is 5.69 Å². The number of aryl methyl sites for hydroxylation is 1. The van der Waals surface area contributed by atoms with Crippen LogP contribution in [0.15, 0.2) is 0 Å². The molecule has 0 amide bonds. The number of nitro groups is 1. The Kier molecular flexibility index (Phi) is 6.09. The number of nitrogens with zero attached hydrogens (tertiary/aromatic N) is 3. The van der Waals surface area contributed by atoms with E-state index in [4.69, 9.17) is 0 Å². The van der Waals surface area contributed by atoms with Gasteiger partial charge in [0, 0.05) is 12.6 Å². The normalized spacial score (nSPS) is 12.9. The molecule has 0 spiro atoms. The summed E-state index contributed by atoms with van der Waals surface area (Å²) in [6.45, 7) is 8.41. The van der Waals surface area contributed by atoms with E-state index in [9.17, 15) is 15.2 Å². The molecule has 1 rings (SSSR count). The number of aliphatic hydroxyl groups is 1. The lowest BCUT2D eigenvalue weighted by molar-refractivity contribution is -0.386. The zero-order chi connectivity index (χ0) is 15.3. The molecule has 1 aromatic rings. The first kappa shape index (κ1) is 16.6. The molecule has 0 fully saturated rings. The van der Waals surface area contributed by atoms with Crippen LogP contribution in [0.4, 0.5) is 5.69 Å². The zero-order valence-electron chi connectivity index (χ0n) is 12.6. The van der Waals surface area contributed by atoms with Crippen molar-refractivity contribution in [3.8, 4) is 0 Å². The second-order valence-electron chi connectivity index (χ2n) is 5.11. The van der Waals surface area contributed by atoms with Crippen molar-refractivity contribution in [2.45, 2.75) is 59.2 Å². The van der Waals surface area contributed by atoms with E-state index in [2.05, 4.69) is 10.4 Å². The molecule has 0 bridgehead atoms. The smallest absolute Gasteiger partial charge is 0.313 e. The van der Waals surface area contributed by atoms with E-state index in [1.165, 1.54) is 0 Å². The second kappa shape index (κ2) is 7.35. The molecule has 1 aromatic heterocycles. The molecule has 1 unspecified atom stereocenters. The Hall–Kier alpha value is -1.47. The van der Waals surface area contributed by atoms with Crippen molar-refractivity contribution in [2.75, 3.05) is 6.54 Å². The summed E-state index contributed by atoms with van der Waals surface area (Å²) in [7, 11) is 0. The number of rotatable bonds is 8. The van der Waals surface area contributed by atoms with E-state index >= 15 is 0 Å². The number of hydrogen-bond acceptors (Lipinski definition) is 5. The van der Waals surface area contributed by atoms with Crippen LogP contribution >= 0.6 is 0 Å². The molecule has 20 heavy (non-hydrogen) atoms. The van der Waals surface area contributed by atoms with Gasteiger partial charge in [0.1, 0.15) is 11.4 Å². The summed E-state index contributed by atoms with van der Waals surface area (Å²) >= 11 is 0. The molecule has 7 heteroatoms. The number of hydrogen-bond donors (Lipinski definition) is 2. The highest BCUT2D eigenvalue weighted by Gasteiger charge is 2.26. The molecule has 0 radical (unpaired) electrons. The van der Waals surface area contributed by atoms with E-state index < -0.39 is 6.10 Å². The van der Waals surface area contributed by atoms with Gasteiger partial charge in [-0.25, -0.2) is 0 Å². The van der Waals surface area contributed by atoms with Crippen LogP contribution in [0.1, 0.15) is 39.1 Å². The SMILES string of the molecule is CCc1nn(CC(O)CNC(C)C)c(CC)c1[N+](=O)[O-]. The van der Waals surface area contributed by atoms with Gasteiger partial charge in [-0.05, 0) is 12.8 Å². The van der Waals surface area contributed by atoms with E-state index in [0.29, 0.717) is 30.8 Å². The third kappa shape index (κ3) is 4.01. The predicted octanol–water partition coefficient (Wildman–Crippen LogP) is 1.27. The van der Waals surface area contributed by atoms with Gasteiger partial charge in [-0.3, -0.25) is 14.8 Å². The summed E-state index contributed by atoms with van der Waals surface area (Å²) in [4.78, 5) is 10.8. The van der Waals surface area contributed by atoms with Gasteiger partial charge in [0.25, 0.3) is 0 Å². The van der Waals surface area contributed by atoms with Crippen molar-refractivity contribution in [2.24, 2.45) is 0 Å². The van der Waals surface area contributed by atoms with Crippen molar-refractivity contribution < 1.29 is 10.0 Å². The second-order valence-corrected chi connectivity index (χ2v) is 5.11. The van der Waals surface area contributed by atoms with Gasteiger partial charge >= 0.3 is 5.69 Å². The Morgan fingerprint density at radius 2 is 2.05 bits per heavy atom. The summed E-state index contributed by atoms with van der Waals surface area (Å²) in [5.74, 6) is 0. The van der Waals surface area contributed by atoms with Crippen LogP contribution in [0, 0.1) is 10.1 Å². The number of aromatic nitrogens is 2. The standard InChI is InChI=1S/C13H24N4O3/c1-5-11-13(17(19)20)12(6-2)16(15-11)8-10(18)7-14-9(3)4/h9-10,14,18H,5-8H2,1-4H3. The molecule has 0 saturated heterocycles. The molecule has 2 N–H and O–H groups in total. The minimum atomic E-state index is -0.619. The van der Waals surface area contributed by atoms with Crippen LogP contribution in [0.5, 0.6) is 0 Å². The maximum absolute atomic E-state index is 11.2. The van der Waals surface area contributed by atoms with Gasteiger partial charge in [0.05, 0.1) is 17.6 Å². The van der Waals surface area contributed by atoms with E-state index in [-0.39, 0.29) is 23.2 Å². The molecule has 0 aliphatic heterocycles. The van der Waals surface area contributed by atoms with Gasteiger partial charge in [-0.2, -0.15) is 5.10 Å². The van der Waals surface area contributed by atoms with Crippen LogP contribution in [0.25, 0.3) is 0 Å². The van der Waals surface area contributed by atoms with Crippen LogP contribution in [-0.2, 0) is 19.4 Å². The molecular weight excluding hydrogens is 260 g/mol. The molecule has 1 heterocycles. The monoisotopic (exact) mass is 284 g/mol. The molecule has 0 aliphatic carbocycles. The van der Waals surface area contributed by atoms with E-state index in [0.717, 1.165) is 0 Å². The first-order valence-electron chi connectivity index (χ1n) is 7.05. The highest BCUT2D eigenvalue weighted by atomic mass is 16.6. The topological polar surface area (TPSA) is 93.2 Å². The first-order valence-corrected chi connectivity index (χ1v) is 7.05. The lowest BCUT2D eigenvalue weighted by atomic mass is 10.2. The minimum Gasteiger partial charge on any atom is -0.390 e. The average molecular weight is 284 g/mol. The Labute approximate surface area is 119 Å². The fourth-order valence-electron chi connectivity index (χ4n) is 2.13. The summed E-state index contributed by atoms with van der Waals surface area (Å²) in [6, 6.07) is 0.286. The van der Waals surface area contributed by atoms with Gasteiger partial charge < -0.3 is 10.4 Å². The molecule has 1 atom stereocenters. The maximum Gasteiger partial charge on any atom is 0.313 e. The molecule has 0 aromatic carbocycles. The molecular formula is C13H24N4O3. The first-order chi connectivity index (χ1) is 9.40. The third-order valence-electron chi connectivity index (χ3n) is 3.10. The van der Waals surface area contributed by atoms with Crippen LogP contribution in [0.3, 0.4) is 0 Å². The van der Waals surface area contributed by atoms with Crippen molar-refractivity contribution in [1.29, 1.82) is 0 Å². The quantitative estimate of drug-likeness (QED) is 0.554. The summed E-state index contributed by atoms with van der Waals surface area (Å²) in [6.07, 6.45) is 0.413. The number of nitrogens with one attached hydrogen (secondary N) is 1. The molecule has 7 nitrogen and oxygen atoms in total. The Morgan fingerprint density at radius 3 is 2.50 bits per heavy atom. The van der Waals surface area contributed by atoms with Crippen LogP contribution < -0.4 is 5.32 Å². The highest BCUT2D eigenvalue weighted by molar-refractivity contribution is 5.41. The van der Waals surface area contributed by atoms with E-state index in [1.807, 2.05) is 27.7 Å². The Morgan fingerprint density at radius 1 is 1.40 bits per heavy atom. The average Bonchev–Trinajstić information content (AvgIpc) is 2.73. The van der Waals surface area contributed by atoms with Crippen LogP contribution in [0.2, 0.25) is 0 Å². The van der Waals surface area contributed by atoms with Gasteiger partial charge in [-0.1, -0.05) is 27.7 Å². The lowest BCUT2D eigenvalue weighted by Gasteiger charge is -2.15. The fraction of sp³-hybridized carbons (Fsp3) is 0.769. The lowest BCUT2D eigenvalue weighted by Crippen LogP contribution is -2.34. The van der Waals surface area contributed by atoms with Gasteiger partial charge in [-0.15, -0.1) is 0 Å². The largest absolute Gasteiger partial charge is 0.390 e. The van der Waals surface area contributed by atoms with Crippen molar-refractivity contribution in [3.63, 3.8) is 0 Å². The Bertz CT molecular complexity index is 457. The summed E-state index contributed by atoms with van der Waals surface area (Å²) < 4.78 is 1.57. The molecule has 114 valence electrons. The summed E-state index contributed by atoms with van der Waals surface area (Å²) in [5, 5.41) is 28.6. The third-order valence-corrected chi connectivity index (χ3v) is 3.10. The van der Waals surface area contributed by atoms with E-state index in [1.54, 1.807) is 4.68 Å². The van der Waals surface area contributed by atoms with Gasteiger partial charge in [0.15, 0.2) is 0 Å². The summed E-state index contributed by atoms with van der Waals surface area (Å²) in [5.41, 5.74) is 1.16. The fourth-order valence-corrected chi connectivity index (χ4v) is 2.13. The Balaban J connectivity index is 2.92.